The Labute approximate surface area is 80.0 Å². The monoisotopic (exact) mass is 209 g/mol. The molecular weight excluding hydrogens is 197 g/mol. The summed E-state index contributed by atoms with van der Waals surface area (Å²) in [4.78, 5) is 0. The predicted molar refractivity (Wildman–Crippen MR) is 55.1 cm³/mol. The van der Waals surface area contributed by atoms with E-state index in [4.69, 9.17) is 0 Å². The van der Waals surface area contributed by atoms with Crippen molar-refractivity contribution in [3.05, 3.63) is 0 Å². The second kappa shape index (κ2) is 16.1. The summed E-state index contributed by atoms with van der Waals surface area (Å²) < 4.78 is 0. The molecule has 0 fully saturated rings. The first-order chi connectivity index (χ1) is 3.41. The molecule has 60 valence electrons. The van der Waals surface area contributed by atoms with Crippen LogP contribution in [0.3, 0.4) is 0 Å². The third-order valence-corrected chi connectivity index (χ3v) is 1.02. The first kappa shape index (κ1) is 16.7. The highest BCUT2D eigenvalue weighted by molar-refractivity contribution is 7.80. The van der Waals surface area contributed by atoms with Crippen LogP contribution in [-0.2, 0) is 0 Å². The van der Waals surface area contributed by atoms with E-state index in [1.165, 1.54) is 0 Å². The van der Waals surface area contributed by atoms with Crippen LogP contribution in [0, 0.1) is 0 Å². The fraction of sp³-hybridized carbons (Fsp3) is 1.00. The van der Waals surface area contributed by atoms with Crippen LogP contribution in [0.1, 0.15) is 0 Å². The smallest absolute Gasteiger partial charge is 0.00400 e. The Kier molecular flexibility index (Phi) is 29.9. The SMILES string of the molecule is Cl.Cl.SCCNCCS. The average molecular weight is 210 g/mol. The number of rotatable bonds is 4. The van der Waals surface area contributed by atoms with E-state index < -0.39 is 0 Å². The van der Waals surface area contributed by atoms with Crippen molar-refractivity contribution in [2.24, 2.45) is 0 Å². The van der Waals surface area contributed by atoms with Crippen molar-refractivity contribution in [3.8, 4) is 0 Å². The topological polar surface area (TPSA) is 12.0 Å². The van der Waals surface area contributed by atoms with Gasteiger partial charge in [0.15, 0.2) is 0 Å². The summed E-state index contributed by atoms with van der Waals surface area (Å²) in [6.45, 7) is 1.98. The van der Waals surface area contributed by atoms with Crippen LogP contribution in [0.5, 0.6) is 0 Å². The lowest BCUT2D eigenvalue weighted by Crippen LogP contribution is -2.18. The Bertz CT molecular complexity index is 35.7. The molecule has 0 aromatic heterocycles. The van der Waals surface area contributed by atoms with Crippen LogP contribution in [0.4, 0.5) is 0 Å². The van der Waals surface area contributed by atoms with E-state index in [1.807, 2.05) is 0 Å². The van der Waals surface area contributed by atoms with Gasteiger partial charge < -0.3 is 5.32 Å². The van der Waals surface area contributed by atoms with Crippen molar-refractivity contribution in [1.82, 2.24) is 5.32 Å². The Morgan fingerprint density at radius 2 is 1.22 bits per heavy atom. The molecule has 0 saturated carbocycles. The maximum atomic E-state index is 4.01. The zero-order chi connectivity index (χ0) is 5.54. The highest BCUT2D eigenvalue weighted by Gasteiger charge is 1.77. The van der Waals surface area contributed by atoms with Gasteiger partial charge in [-0.15, -0.1) is 24.8 Å². The molecule has 0 aliphatic carbocycles. The van der Waals surface area contributed by atoms with Crippen molar-refractivity contribution in [1.29, 1.82) is 0 Å². The van der Waals surface area contributed by atoms with Crippen molar-refractivity contribution >= 4 is 50.1 Å². The minimum Gasteiger partial charge on any atom is -0.315 e. The largest absolute Gasteiger partial charge is 0.315 e. The summed E-state index contributed by atoms with van der Waals surface area (Å²) in [6.07, 6.45) is 0. The predicted octanol–water partition coefficient (Wildman–Crippen LogP) is 1.28. The minimum absolute atomic E-state index is 0. The summed E-state index contributed by atoms with van der Waals surface area (Å²) >= 11 is 8.01. The highest BCUT2D eigenvalue weighted by Crippen LogP contribution is 1.70. The van der Waals surface area contributed by atoms with E-state index in [-0.39, 0.29) is 24.8 Å². The van der Waals surface area contributed by atoms with Gasteiger partial charge in [0.2, 0.25) is 0 Å². The Balaban J connectivity index is -0.000000180. The molecule has 5 heteroatoms. The van der Waals surface area contributed by atoms with E-state index in [9.17, 15) is 0 Å². The van der Waals surface area contributed by atoms with Gasteiger partial charge in [-0.05, 0) is 0 Å². The molecule has 0 saturated heterocycles. The Morgan fingerprint density at radius 1 is 0.889 bits per heavy atom. The van der Waals surface area contributed by atoms with Gasteiger partial charge in [-0.25, -0.2) is 0 Å². The third-order valence-electron chi connectivity index (χ3n) is 0.577. The van der Waals surface area contributed by atoms with Gasteiger partial charge in [0.1, 0.15) is 0 Å². The summed E-state index contributed by atoms with van der Waals surface area (Å²) in [5.74, 6) is 1.82. The Hall–Kier alpha value is 1.24. The second-order valence-electron chi connectivity index (χ2n) is 1.20. The summed E-state index contributed by atoms with van der Waals surface area (Å²) in [5.41, 5.74) is 0. The molecular formula is C4H13Cl2NS2. The van der Waals surface area contributed by atoms with Gasteiger partial charge in [-0.3, -0.25) is 0 Å². The van der Waals surface area contributed by atoms with Crippen molar-refractivity contribution in [2.45, 2.75) is 0 Å². The van der Waals surface area contributed by atoms with Gasteiger partial charge in [0, 0.05) is 24.6 Å². The van der Waals surface area contributed by atoms with Gasteiger partial charge in [0.05, 0.1) is 0 Å². The van der Waals surface area contributed by atoms with Gasteiger partial charge in [0.25, 0.3) is 0 Å². The molecule has 0 spiro atoms. The van der Waals surface area contributed by atoms with Gasteiger partial charge in [-0.2, -0.15) is 25.3 Å². The summed E-state index contributed by atoms with van der Waals surface area (Å²) in [6, 6.07) is 0. The number of hydrogen-bond donors (Lipinski definition) is 3. The molecule has 0 bridgehead atoms. The van der Waals surface area contributed by atoms with Crippen molar-refractivity contribution < 1.29 is 0 Å². The van der Waals surface area contributed by atoms with Crippen molar-refractivity contribution in [2.75, 3.05) is 24.6 Å². The minimum atomic E-state index is 0. The standard InChI is InChI=1S/C4H11NS2.2ClH/c6-3-1-5-2-4-7;;/h5-7H,1-4H2;2*1H. The zero-order valence-corrected chi connectivity index (χ0v) is 8.46. The summed E-state index contributed by atoms with van der Waals surface area (Å²) in [7, 11) is 0. The van der Waals surface area contributed by atoms with E-state index in [0.29, 0.717) is 0 Å². The van der Waals surface area contributed by atoms with E-state index >= 15 is 0 Å². The normalized spacial score (nSPS) is 7.33. The average Bonchev–Trinajstić information content (AvgIpc) is 1.69. The molecule has 0 unspecified atom stereocenters. The van der Waals surface area contributed by atoms with Crippen LogP contribution in [0.25, 0.3) is 0 Å². The zero-order valence-electron chi connectivity index (χ0n) is 5.04. The number of halogens is 2. The first-order valence-corrected chi connectivity index (χ1v) is 3.60. The molecule has 0 heterocycles. The molecule has 0 aliphatic rings. The van der Waals surface area contributed by atoms with Crippen LogP contribution < -0.4 is 5.32 Å². The van der Waals surface area contributed by atoms with E-state index in [1.54, 1.807) is 0 Å². The molecule has 0 aliphatic heterocycles. The van der Waals surface area contributed by atoms with E-state index in [2.05, 4.69) is 30.6 Å². The van der Waals surface area contributed by atoms with Gasteiger partial charge in [-0.1, -0.05) is 0 Å². The molecule has 9 heavy (non-hydrogen) atoms. The molecule has 0 rings (SSSR count). The quantitative estimate of drug-likeness (QED) is 0.469. The second-order valence-corrected chi connectivity index (χ2v) is 2.09. The van der Waals surface area contributed by atoms with E-state index in [0.717, 1.165) is 24.6 Å². The number of hydrogen-bond acceptors (Lipinski definition) is 3. The lowest BCUT2D eigenvalue weighted by atomic mass is 10.7. The molecule has 0 aromatic carbocycles. The van der Waals surface area contributed by atoms with Crippen LogP contribution in [0.15, 0.2) is 0 Å². The molecule has 0 atom stereocenters. The van der Waals surface area contributed by atoms with Gasteiger partial charge >= 0.3 is 0 Å². The lowest BCUT2D eigenvalue weighted by Gasteiger charge is -1.94. The number of thiol groups is 2. The number of nitrogens with one attached hydrogen (secondary N) is 1. The van der Waals surface area contributed by atoms with Crippen LogP contribution >= 0.6 is 50.1 Å². The maximum Gasteiger partial charge on any atom is 0.00400 e. The lowest BCUT2D eigenvalue weighted by molar-refractivity contribution is 0.776. The fourth-order valence-electron chi connectivity index (χ4n) is 0.283. The maximum absolute atomic E-state index is 4.01. The molecule has 1 N–H and O–H groups in total. The molecule has 1 nitrogen and oxygen atoms in total. The van der Waals surface area contributed by atoms with Crippen molar-refractivity contribution in [3.63, 3.8) is 0 Å². The van der Waals surface area contributed by atoms with Crippen LogP contribution in [0.2, 0.25) is 0 Å². The molecule has 0 amide bonds. The molecule has 0 radical (unpaired) electrons. The Morgan fingerprint density at radius 3 is 1.44 bits per heavy atom. The molecule has 0 aromatic rings. The van der Waals surface area contributed by atoms with Crippen LogP contribution in [-0.4, -0.2) is 24.6 Å². The first-order valence-electron chi connectivity index (χ1n) is 2.34. The highest BCUT2D eigenvalue weighted by atomic mass is 35.5. The summed E-state index contributed by atoms with van der Waals surface area (Å²) in [5, 5.41) is 3.13. The fourth-order valence-corrected chi connectivity index (χ4v) is 0.599. The third kappa shape index (κ3) is 17.6.